The van der Waals surface area contributed by atoms with Gasteiger partial charge in [-0.2, -0.15) is 0 Å². The quantitative estimate of drug-likeness (QED) is 0.427. The van der Waals surface area contributed by atoms with Crippen LogP contribution in [0.1, 0.15) is 12.8 Å². The van der Waals surface area contributed by atoms with E-state index in [4.69, 9.17) is 11.5 Å². The fraction of sp³-hybridized carbons (Fsp3) is 0.750. The van der Waals surface area contributed by atoms with Crippen molar-refractivity contribution >= 4 is 5.84 Å². The van der Waals surface area contributed by atoms with E-state index >= 15 is 0 Å². The molecule has 0 saturated carbocycles. The van der Waals surface area contributed by atoms with Crippen molar-refractivity contribution in [2.75, 3.05) is 0 Å². The topological polar surface area (TPSA) is 64.4 Å². The van der Waals surface area contributed by atoms with Gasteiger partial charge in [0, 0.05) is 6.42 Å². The van der Waals surface area contributed by atoms with Crippen LogP contribution in [0, 0.1) is 0 Å². The molecule has 0 aromatic rings. The van der Waals surface area contributed by atoms with Gasteiger partial charge in [0.05, 0.1) is 12.0 Å². The van der Waals surface area contributed by atoms with Gasteiger partial charge < -0.3 is 11.5 Å². The van der Waals surface area contributed by atoms with Crippen molar-refractivity contribution in [3.63, 3.8) is 0 Å². The maximum absolute atomic E-state index is 5.36. The summed E-state index contributed by atoms with van der Waals surface area (Å²) in [7, 11) is 0. The van der Waals surface area contributed by atoms with E-state index < -0.39 is 0 Å². The molecule has 40 valence electrons. The third-order valence-corrected chi connectivity index (χ3v) is 1.03. The van der Waals surface area contributed by atoms with E-state index in [2.05, 4.69) is 4.99 Å². The Morgan fingerprint density at radius 1 is 1.71 bits per heavy atom. The molecular formula is C4H9N3. The Morgan fingerprint density at radius 3 is 2.57 bits per heavy atom. The van der Waals surface area contributed by atoms with E-state index in [0.717, 1.165) is 12.8 Å². The highest BCUT2D eigenvalue weighted by Crippen LogP contribution is 2.03. The summed E-state index contributed by atoms with van der Waals surface area (Å²) in [6.07, 6.45) is 1.78. The van der Waals surface area contributed by atoms with Crippen LogP contribution in [0.5, 0.6) is 0 Å². The zero-order valence-corrected chi connectivity index (χ0v) is 4.09. The number of nitrogens with zero attached hydrogens (tertiary/aromatic N) is 1. The maximum Gasteiger partial charge on any atom is 0.0993 e. The number of amidine groups is 1. The second-order valence-electron chi connectivity index (χ2n) is 1.73. The molecule has 0 aliphatic carbocycles. The zero-order valence-electron chi connectivity index (χ0n) is 4.09. The van der Waals surface area contributed by atoms with Gasteiger partial charge in [-0.05, 0) is 6.42 Å². The van der Waals surface area contributed by atoms with E-state index in [1.54, 1.807) is 0 Å². The summed E-state index contributed by atoms with van der Waals surface area (Å²) in [5, 5.41) is 0. The van der Waals surface area contributed by atoms with E-state index in [1.807, 2.05) is 0 Å². The maximum atomic E-state index is 5.36. The van der Waals surface area contributed by atoms with Gasteiger partial charge in [-0.1, -0.05) is 0 Å². The van der Waals surface area contributed by atoms with Crippen molar-refractivity contribution in [2.45, 2.75) is 19.0 Å². The molecule has 1 unspecified atom stereocenters. The Balaban J connectivity index is 2.50. The molecule has 1 atom stereocenters. The van der Waals surface area contributed by atoms with Crippen LogP contribution in [0.3, 0.4) is 0 Å². The zero-order chi connectivity index (χ0) is 5.28. The van der Waals surface area contributed by atoms with Gasteiger partial charge in [-0.15, -0.1) is 0 Å². The first-order valence-corrected chi connectivity index (χ1v) is 2.37. The van der Waals surface area contributed by atoms with Gasteiger partial charge in [0.15, 0.2) is 0 Å². The summed E-state index contributed by atoms with van der Waals surface area (Å²) in [5.41, 5.74) is 10.7. The normalized spacial score (nSPS) is 30.4. The van der Waals surface area contributed by atoms with E-state index in [1.165, 1.54) is 0 Å². The Labute approximate surface area is 42.4 Å². The Hall–Kier alpha value is -0.570. The number of hydrogen-bond donors (Lipinski definition) is 2. The standard InChI is InChI=1S/C4H9N3/c5-3-1-2-4(6)7-3/h3H,1-2,5H2,(H2,6,7). The fourth-order valence-corrected chi connectivity index (χ4v) is 0.638. The van der Waals surface area contributed by atoms with Crippen LogP contribution in [-0.4, -0.2) is 12.0 Å². The first-order valence-electron chi connectivity index (χ1n) is 2.37. The molecule has 3 heteroatoms. The third kappa shape index (κ3) is 0.899. The van der Waals surface area contributed by atoms with Crippen LogP contribution in [0.15, 0.2) is 4.99 Å². The highest BCUT2D eigenvalue weighted by Gasteiger charge is 2.08. The average Bonchev–Trinajstić information content (AvgIpc) is 1.87. The third-order valence-electron chi connectivity index (χ3n) is 1.03. The first-order chi connectivity index (χ1) is 3.29. The molecule has 1 heterocycles. The first kappa shape index (κ1) is 4.59. The molecule has 0 radical (unpaired) electrons. The second-order valence-corrected chi connectivity index (χ2v) is 1.73. The van der Waals surface area contributed by atoms with Crippen LogP contribution in [0.4, 0.5) is 0 Å². The largest absolute Gasteiger partial charge is 0.387 e. The fourth-order valence-electron chi connectivity index (χ4n) is 0.638. The smallest absolute Gasteiger partial charge is 0.0993 e. The molecule has 0 aromatic heterocycles. The van der Waals surface area contributed by atoms with Gasteiger partial charge >= 0.3 is 0 Å². The molecular weight excluding hydrogens is 90.1 g/mol. The average molecular weight is 99.1 g/mol. The Morgan fingerprint density at radius 2 is 2.43 bits per heavy atom. The van der Waals surface area contributed by atoms with Crippen molar-refractivity contribution < 1.29 is 0 Å². The van der Waals surface area contributed by atoms with Crippen LogP contribution in [-0.2, 0) is 0 Å². The molecule has 0 amide bonds. The van der Waals surface area contributed by atoms with Gasteiger partial charge in [-0.3, -0.25) is 4.99 Å². The lowest BCUT2D eigenvalue weighted by atomic mass is 10.3. The van der Waals surface area contributed by atoms with E-state index in [9.17, 15) is 0 Å². The molecule has 1 aliphatic heterocycles. The molecule has 7 heavy (non-hydrogen) atoms. The summed E-state index contributed by atoms with van der Waals surface area (Å²) < 4.78 is 0. The van der Waals surface area contributed by atoms with Crippen molar-refractivity contribution in [1.29, 1.82) is 0 Å². The van der Waals surface area contributed by atoms with Crippen molar-refractivity contribution in [3.8, 4) is 0 Å². The molecule has 1 aliphatic rings. The van der Waals surface area contributed by atoms with Crippen LogP contribution in [0.25, 0.3) is 0 Å². The lowest BCUT2D eigenvalue weighted by Crippen LogP contribution is -2.12. The molecule has 0 aromatic carbocycles. The molecule has 1 rings (SSSR count). The minimum atomic E-state index is -0.0139. The number of rotatable bonds is 0. The lowest BCUT2D eigenvalue weighted by Gasteiger charge is -1.89. The van der Waals surface area contributed by atoms with E-state index in [0.29, 0.717) is 5.84 Å². The number of nitrogens with two attached hydrogens (primary N) is 2. The summed E-state index contributed by atoms with van der Waals surface area (Å²) in [5.74, 6) is 0.701. The summed E-state index contributed by atoms with van der Waals surface area (Å²) in [4.78, 5) is 3.86. The second kappa shape index (κ2) is 1.50. The highest BCUT2D eigenvalue weighted by molar-refractivity contribution is 5.81. The van der Waals surface area contributed by atoms with E-state index in [-0.39, 0.29) is 6.17 Å². The van der Waals surface area contributed by atoms with Gasteiger partial charge in [0.1, 0.15) is 0 Å². The van der Waals surface area contributed by atoms with Crippen LogP contribution < -0.4 is 11.5 Å². The van der Waals surface area contributed by atoms with Gasteiger partial charge in [-0.25, -0.2) is 0 Å². The molecule has 0 fully saturated rings. The molecule has 0 spiro atoms. The number of aliphatic imine (C=N–C) groups is 1. The lowest BCUT2D eigenvalue weighted by molar-refractivity contribution is 0.705. The summed E-state index contributed by atoms with van der Waals surface area (Å²) >= 11 is 0. The van der Waals surface area contributed by atoms with Crippen LogP contribution in [0.2, 0.25) is 0 Å². The molecule has 0 saturated heterocycles. The predicted octanol–water partition coefficient (Wildman–Crippen LogP) is -0.578. The van der Waals surface area contributed by atoms with Gasteiger partial charge in [0.25, 0.3) is 0 Å². The highest BCUT2D eigenvalue weighted by atomic mass is 15.0. The minimum absolute atomic E-state index is 0.0139. The van der Waals surface area contributed by atoms with Crippen LogP contribution >= 0.6 is 0 Å². The molecule has 0 bridgehead atoms. The summed E-state index contributed by atoms with van der Waals surface area (Å²) in [6, 6.07) is 0. The summed E-state index contributed by atoms with van der Waals surface area (Å²) in [6.45, 7) is 0. The Kier molecular flexibility index (Phi) is 0.982. The van der Waals surface area contributed by atoms with Crippen molar-refractivity contribution in [2.24, 2.45) is 16.5 Å². The monoisotopic (exact) mass is 99.1 g/mol. The SMILES string of the molecule is NC1=NC(N)CC1. The number of hydrogen-bond acceptors (Lipinski definition) is 3. The van der Waals surface area contributed by atoms with Crippen molar-refractivity contribution in [3.05, 3.63) is 0 Å². The van der Waals surface area contributed by atoms with Crippen molar-refractivity contribution in [1.82, 2.24) is 0 Å². The predicted molar refractivity (Wildman–Crippen MR) is 28.8 cm³/mol. The minimum Gasteiger partial charge on any atom is -0.387 e. The Bertz CT molecular complexity index is 97.1. The van der Waals surface area contributed by atoms with Gasteiger partial charge in [0.2, 0.25) is 0 Å². The molecule has 4 N–H and O–H groups in total. The molecule has 3 nitrogen and oxygen atoms in total.